The van der Waals surface area contributed by atoms with Crippen LogP contribution < -0.4 is 0 Å². The Morgan fingerprint density at radius 2 is 1.38 bits per heavy atom. The topological polar surface area (TPSA) is 0 Å². The third-order valence-electron chi connectivity index (χ3n) is 2.44. The van der Waals surface area contributed by atoms with Gasteiger partial charge in [-0.1, -0.05) is 58.9 Å². The van der Waals surface area contributed by atoms with E-state index in [1.165, 1.54) is 11.1 Å². The predicted octanol–water partition coefficient (Wildman–Crippen LogP) is 4.11. The lowest BCUT2D eigenvalue weighted by Gasteiger charge is -2.19. The first-order chi connectivity index (χ1) is 5.91. The third kappa shape index (κ3) is 2.58. The molecule has 0 spiro atoms. The molecule has 1 aromatic rings. The number of benzene rings is 1. The first-order valence-corrected chi connectivity index (χ1v) is 5.01. The third-order valence-corrected chi connectivity index (χ3v) is 2.44. The molecule has 0 bridgehead atoms. The summed E-state index contributed by atoms with van der Waals surface area (Å²) in [5.74, 6) is 0.633. The zero-order chi connectivity index (χ0) is 10.1. The van der Waals surface area contributed by atoms with Crippen molar-refractivity contribution in [2.75, 3.05) is 0 Å². The van der Waals surface area contributed by atoms with Crippen LogP contribution in [0.25, 0.3) is 0 Å². The Morgan fingerprint density at radius 3 is 1.69 bits per heavy atom. The summed E-state index contributed by atoms with van der Waals surface area (Å²) in [6.07, 6.45) is 0. The maximum atomic E-state index is 2.25. The largest absolute Gasteiger partial charge is 0.0587 e. The molecule has 0 saturated carbocycles. The van der Waals surface area contributed by atoms with E-state index in [1.807, 2.05) is 0 Å². The van der Waals surface area contributed by atoms with E-state index in [4.69, 9.17) is 0 Å². The van der Waals surface area contributed by atoms with Crippen LogP contribution in [-0.2, 0) is 5.41 Å². The van der Waals surface area contributed by atoms with Crippen LogP contribution in [-0.4, -0.2) is 0 Å². The van der Waals surface area contributed by atoms with Crippen LogP contribution in [0, 0.1) is 0 Å². The summed E-state index contributed by atoms with van der Waals surface area (Å²) in [6.45, 7) is 11.2. The van der Waals surface area contributed by atoms with E-state index >= 15 is 0 Å². The molecule has 0 amide bonds. The van der Waals surface area contributed by atoms with Gasteiger partial charge in [-0.05, 0) is 22.5 Å². The Hall–Kier alpha value is -0.780. The monoisotopic (exact) mass is 176 g/mol. The average Bonchev–Trinajstić information content (AvgIpc) is 2.03. The molecule has 13 heavy (non-hydrogen) atoms. The summed E-state index contributed by atoms with van der Waals surface area (Å²) in [6, 6.07) is 8.97. The van der Waals surface area contributed by atoms with Gasteiger partial charge in [-0.2, -0.15) is 0 Å². The van der Waals surface area contributed by atoms with E-state index in [-0.39, 0.29) is 5.41 Å². The fourth-order valence-electron chi connectivity index (χ4n) is 1.37. The van der Waals surface area contributed by atoms with Crippen molar-refractivity contribution in [2.45, 2.75) is 46.0 Å². The second-order valence-corrected chi connectivity index (χ2v) is 5.03. The minimum atomic E-state index is 0.273. The summed E-state index contributed by atoms with van der Waals surface area (Å²) < 4.78 is 0. The van der Waals surface area contributed by atoms with Gasteiger partial charge in [-0.25, -0.2) is 0 Å². The normalized spacial score (nSPS) is 12.2. The number of rotatable bonds is 1. The molecule has 72 valence electrons. The zero-order valence-corrected chi connectivity index (χ0v) is 9.39. The Labute approximate surface area is 82.0 Å². The number of hydrogen-bond acceptors (Lipinski definition) is 0. The van der Waals surface area contributed by atoms with Gasteiger partial charge in [-0.3, -0.25) is 0 Å². The first-order valence-electron chi connectivity index (χ1n) is 5.01. The Kier molecular flexibility index (Phi) is 2.80. The van der Waals surface area contributed by atoms with Gasteiger partial charge >= 0.3 is 0 Å². The molecule has 0 unspecified atom stereocenters. The zero-order valence-electron chi connectivity index (χ0n) is 9.39. The lowest BCUT2D eigenvalue weighted by Crippen LogP contribution is -2.10. The SMILES string of the molecule is CC(C)c1ccc(C(C)(C)C)cc1. The van der Waals surface area contributed by atoms with Gasteiger partial charge in [0.1, 0.15) is 0 Å². The van der Waals surface area contributed by atoms with Gasteiger partial charge in [0.2, 0.25) is 0 Å². The highest BCUT2D eigenvalue weighted by molar-refractivity contribution is 5.28. The Bertz CT molecular complexity index is 259. The molecule has 0 saturated heterocycles. The van der Waals surface area contributed by atoms with Crippen LogP contribution in [0.5, 0.6) is 0 Å². The van der Waals surface area contributed by atoms with E-state index in [9.17, 15) is 0 Å². The van der Waals surface area contributed by atoms with Crippen molar-refractivity contribution in [2.24, 2.45) is 0 Å². The van der Waals surface area contributed by atoms with Gasteiger partial charge in [0.15, 0.2) is 0 Å². The average molecular weight is 176 g/mol. The molecule has 0 fully saturated rings. The van der Waals surface area contributed by atoms with Crippen LogP contribution >= 0.6 is 0 Å². The van der Waals surface area contributed by atoms with Crippen molar-refractivity contribution < 1.29 is 0 Å². The maximum absolute atomic E-state index is 2.25. The van der Waals surface area contributed by atoms with E-state index in [0.29, 0.717) is 5.92 Å². The highest BCUT2D eigenvalue weighted by Crippen LogP contribution is 2.24. The molecule has 0 atom stereocenters. The molecule has 0 aliphatic carbocycles. The van der Waals surface area contributed by atoms with E-state index in [2.05, 4.69) is 58.9 Å². The highest BCUT2D eigenvalue weighted by Gasteiger charge is 2.12. The minimum absolute atomic E-state index is 0.273. The Balaban J connectivity index is 2.94. The van der Waals surface area contributed by atoms with Crippen LogP contribution in [0.4, 0.5) is 0 Å². The van der Waals surface area contributed by atoms with Crippen LogP contribution in [0.2, 0.25) is 0 Å². The summed E-state index contributed by atoms with van der Waals surface area (Å²) in [7, 11) is 0. The van der Waals surface area contributed by atoms with Gasteiger partial charge in [0.25, 0.3) is 0 Å². The molecule has 0 aliphatic rings. The second kappa shape index (κ2) is 3.53. The molecular weight excluding hydrogens is 156 g/mol. The summed E-state index contributed by atoms with van der Waals surface area (Å²) in [4.78, 5) is 0. The smallest absolute Gasteiger partial charge is 0.0132 e. The molecular formula is C13H20. The van der Waals surface area contributed by atoms with Crippen molar-refractivity contribution in [1.82, 2.24) is 0 Å². The summed E-state index contributed by atoms with van der Waals surface area (Å²) in [5.41, 5.74) is 3.11. The van der Waals surface area contributed by atoms with Crippen molar-refractivity contribution in [1.29, 1.82) is 0 Å². The fraction of sp³-hybridized carbons (Fsp3) is 0.538. The molecule has 1 rings (SSSR count). The predicted molar refractivity (Wildman–Crippen MR) is 59.2 cm³/mol. The highest BCUT2D eigenvalue weighted by atomic mass is 14.2. The molecule has 0 aromatic heterocycles. The van der Waals surface area contributed by atoms with Gasteiger partial charge in [0, 0.05) is 0 Å². The standard InChI is InChI=1S/C13H20/c1-10(2)11-6-8-12(9-7-11)13(3,4)5/h6-10H,1-5H3. The van der Waals surface area contributed by atoms with Crippen molar-refractivity contribution in [3.63, 3.8) is 0 Å². The molecule has 0 nitrogen and oxygen atoms in total. The van der Waals surface area contributed by atoms with Crippen molar-refractivity contribution in [3.8, 4) is 0 Å². The summed E-state index contributed by atoms with van der Waals surface area (Å²) in [5, 5.41) is 0. The maximum Gasteiger partial charge on any atom is -0.0132 e. The first kappa shape index (κ1) is 10.3. The molecule has 0 radical (unpaired) electrons. The molecule has 0 aliphatic heterocycles. The van der Waals surface area contributed by atoms with Gasteiger partial charge in [0.05, 0.1) is 0 Å². The van der Waals surface area contributed by atoms with Crippen LogP contribution in [0.15, 0.2) is 24.3 Å². The van der Waals surface area contributed by atoms with Gasteiger partial charge < -0.3 is 0 Å². The molecule has 0 N–H and O–H groups in total. The van der Waals surface area contributed by atoms with Crippen LogP contribution in [0.1, 0.15) is 51.7 Å². The lowest BCUT2D eigenvalue weighted by molar-refractivity contribution is 0.589. The Morgan fingerprint density at radius 1 is 0.923 bits per heavy atom. The lowest BCUT2D eigenvalue weighted by atomic mass is 9.86. The molecule has 0 heteroatoms. The number of hydrogen-bond donors (Lipinski definition) is 0. The van der Waals surface area contributed by atoms with E-state index < -0.39 is 0 Å². The summed E-state index contributed by atoms with van der Waals surface area (Å²) >= 11 is 0. The quantitative estimate of drug-likeness (QED) is 0.604. The fourth-order valence-corrected chi connectivity index (χ4v) is 1.37. The van der Waals surface area contributed by atoms with Crippen LogP contribution in [0.3, 0.4) is 0 Å². The van der Waals surface area contributed by atoms with Crippen molar-refractivity contribution >= 4 is 0 Å². The van der Waals surface area contributed by atoms with E-state index in [0.717, 1.165) is 0 Å². The second-order valence-electron chi connectivity index (χ2n) is 5.03. The molecule has 1 aromatic carbocycles. The van der Waals surface area contributed by atoms with Crippen molar-refractivity contribution in [3.05, 3.63) is 35.4 Å². The van der Waals surface area contributed by atoms with E-state index in [1.54, 1.807) is 0 Å². The molecule has 0 heterocycles. The minimum Gasteiger partial charge on any atom is -0.0587 e. The van der Waals surface area contributed by atoms with Gasteiger partial charge in [-0.15, -0.1) is 0 Å².